The van der Waals surface area contributed by atoms with Crippen LogP contribution in [0.4, 0.5) is 10.8 Å². The van der Waals surface area contributed by atoms with Gasteiger partial charge in [-0.3, -0.25) is 14.9 Å². The minimum Gasteiger partial charge on any atom is -0.440 e. The molecule has 0 atom stereocenters. The molecule has 0 aliphatic carbocycles. The van der Waals surface area contributed by atoms with Gasteiger partial charge in [-0.1, -0.05) is 18.2 Å². The normalized spacial score (nSPS) is 10.7. The summed E-state index contributed by atoms with van der Waals surface area (Å²) in [5.41, 5.74) is 2.57. The molecule has 2 N–H and O–H groups in total. The fraction of sp³-hybridized carbons (Fsp3) is 0.100. The Morgan fingerprint density at radius 3 is 2.52 bits per heavy atom. The lowest BCUT2D eigenvalue weighted by atomic mass is 10.1. The lowest BCUT2D eigenvalue weighted by molar-refractivity contribution is -0.114. The van der Waals surface area contributed by atoms with E-state index in [1.165, 1.54) is 29.6 Å². The van der Waals surface area contributed by atoms with E-state index in [-0.39, 0.29) is 17.5 Å². The number of carbonyl (C=O) groups is 2. The Bertz CT molecular complexity index is 1160. The van der Waals surface area contributed by atoms with E-state index in [9.17, 15) is 9.59 Å². The quantitative estimate of drug-likeness (QED) is 0.467. The van der Waals surface area contributed by atoms with Crippen LogP contribution >= 0.6 is 22.7 Å². The van der Waals surface area contributed by atoms with Crippen LogP contribution in [0.1, 0.15) is 23.2 Å². The number of nitrogens with one attached hydrogen (secondary N) is 2. The van der Waals surface area contributed by atoms with Crippen LogP contribution in [0.15, 0.2) is 51.6 Å². The number of thiophene rings is 1. The molecule has 0 aliphatic heterocycles. The van der Waals surface area contributed by atoms with E-state index in [1.807, 2.05) is 35.0 Å². The van der Waals surface area contributed by atoms with Crippen LogP contribution in [0.5, 0.6) is 0 Å². The number of amides is 2. The number of oxazole rings is 1. The Morgan fingerprint density at radius 1 is 1.03 bits per heavy atom. The van der Waals surface area contributed by atoms with Gasteiger partial charge in [0.2, 0.25) is 11.8 Å². The Kier molecular flexibility index (Phi) is 5.24. The molecule has 0 spiro atoms. The van der Waals surface area contributed by atoms with Crippen LogP contribution in [0.2, 0.25) is 0 Å². The monoisotopic (exact) mass is 424 g/mol. The van der Waals surface area contributed by atoms with Gasteiger partial charge in [0.05, 0.1) is 10.6 Å². The van der Waals surface area contributed by atoms with Gasteiger partial charge in [-0.2, -0.15) is 0 Å². The second-order valence-electron chi connectivity index (χ2n) is 6.15. The summed E-state index contributed by atoms with van der Waals surface area (Å²) >= 11 is 2.82. The van der Waals surface area contributed by atoms with Gasteiger partial charge in [-0.15, -0.1) is 22.7 Å². The first-order valence-corrected chi connectivity index (χ1v) is 10.4. The van der Waals surface area contributed by atoms with Gasteiger partial charge in [0.15, 0.2) is 10.8 Å². The number of nitrogens with zero attached hydrogens (tertiary/aromatic N) is 2. The minimum atomic E-state index is -0.365. The van der Waals surface area contributed by atoms with Gasteiger partial charge < -0.3 is 9.73 Å². The molecular formula is C20H16N4O3S2. The highest BCUT2D eigenvalue weighted by molar-refractivity contribution is 7.14. The molecule has 1 aromatic carbocycles. The maximum atomic E-state index is 12.6. The third kappa shape index (κ3) is 4.25. The highest BCUT2D eigenvalue weighted by Crippen LogP contribution is 2.28. The van der Waals surface area contributed by atoms with Crippen LogP contribution in [0, 0.1) is 6.92 Å². The third-order valence-electron chi connectivity index (χ3n) is 3.97. The standard InChI is InChI=1S/C20H16N4O3S2/c1-11-17(23-19(27-11)16-4-3-9-28-16)18(26)24-20-22-15(10-29-20)13-5-7-14(8-6-13)21-12(2)25/h3-10H,1-2H3,(H,21,25)(H,22,24,26). The molecule has 9 heteroatoms. The Hall–Kier alpha value is -3.30. The molecule has 4 rings (SSSR count). The van der Waals surface area contributed by atoms with Crippen molar-refractivity contribution in [3.63, 3.8) is 0 Å². The molecule has 3 heterocycles. The van der Waals surface area contributed by atoms with E-state index in [0.29, 0.717) is 22.5 Å². The van der Waals surface area contributed by atoms with Crippen molar-refractivity contribution < 1.29 is 14.0 Å². The lowest BCUT2D eigenvalue weighted by Crippen LogP contribution is -2.13. The molecule has 4 aromatic rings. The van der Waals surface area contributed by atoms with Crippen molar-refractivity contribution in [2.24, 2.45) is 0 Å². The number of hydrogen-bond donors (Lipinski definition) is 2. The van der Waals surface area contributed by atoms with Crippen LogP contribution in [-0.4, -0.2) is 21.8 Å². The number of aryl methyl sites for hydroxylation is 1. The van der Waals surface area contributed by atoms with E-state index in [1.54, 1.807) is 19.1 Å². The first-order valence-electron chi connectivity index (χ1n) is 8.66. The second-order valence-corrected chi connectivity index (χ2v) is 7.96. The summed E-state index contributed by atoms with van der Waals surface area (Å²) in [5, 5.41) is 9.75. The molecule has 3 aromatic heterocycles. The molecule has 2 amide bonds. The highest BCUT2D eigenvalue weighted by Gasteiger charge is 2.19. The molecule has 0 bridgehead atoms. The zero-order chi connectivity index (χ0) is 20.4. The highest BCUT2D eigenvalue weighted by atomic mass is 32.1. The van der Waals surface area contributed by atoms with Crippen molar-refractivity contribution in [3.8, 4) is 22.0 Å². The van der Waals surface area contributed by atoms with Gasteiger partial charge in [0.25, 0.3) is 5.91 Å². The lowest BCUT2D eigenvalue weighted by Gasteiger charge is -2.02. The first kappa shape index (κ1) is 19.0. The molecular weight excluding hydrogens is 408 g/mol. The molecule has 29 heavy (non-hydrogen) atoms. The number of thiazole rings is 1. The van der Waals surface area contributed by atoms with E-state index >= 15 is 0 Å². The van der Waals surface area contributed by atoms with E-state index in [4.69, 9.17) is 4.42 Å². The molecule has 0 unspecified atom stereocenters. The third-order valence-corrected chi connectivity index (χ3v) is 5.58. The van der Waals surface area contributed by atoms with E-state index < -0.39 is 0 Å². The summed E-state index contributed by atoms with van der Waals surface area (Å²) < 4.78 is 5.62. The zero-order valence-electron chi connectivity index (χ0n) is 15.6. The van der Waals surface area contributed by atoms with Crippen molar-refractivity contribution in [1.82, 2.24) is 9.97 Å². The maximum absolute atomic E-state index is 12.6. The summed E-state index contributed by atoms with van der Waals surface area (Å²) in [6.07, 6.45) is 0. The summed E-state index contributed by atoms with van der Waals surface area (Å²) in [6, 6.07) is 11.1. The van der Waals surface area contributed by atoms with Gasteiger partial charge in [0, 0.05) is 23.6 Å². The summed E-state index contributed by atoms with van der Waals surface area (Å²) in [4.78, 5) is 33.4. The number of aromatic nitrogens is 2. The zero-order valence-corrected chi connectivity index (χ0v) is 17.2. The van der Waals surface area contributed by atoms with Crippen molar-refractivity contribution >= 4 is 45.3 Å². The van der Waals surface area contributed by atoms with E-state index in [2.05, 4.69) is 20.6 Å². The summed E-state index contributed by atoms with van der Waals surface area (Å²) in [5.74, 6) is 0.399. The number of carbonyl (C=O) groups excluding carboxylic acids is 2. The SMILES string of the molecule is CC(=O)Nc1ccc(-c2csc(NC(=O)c3nc(-c4cccs4)oc3C)n2)cc1. The van der Waals surface area contributed by atoms with Crippen LogP contribution in [0.3, 0.4) is 0 Å². The van der Waals surface area contributed by atoms with Gasteiger partial charge >= 0.3 is 0 Å². The molecule has 7 nitrogen and oxygen atoms in total. The molecule has 0 saturated heterocycles. The van der Waals surface area contributed by atoms with Gasteiger partial charge in [-0.05, 0) is 30.5 Å². The predicted octanol–water partition coefficient (Wildman–Crippen LogP) is 5.05. The van der Waals surface area contributed by atoms with Gasteiger partial charge in [-0.25, -0.2) is 9.97 Å². The van der Waals surface area contributed by atoms with Crippen molar-refractivity contribution in [1.29, 1.82) is 0 Å². The molecule has 146 valence electrons. The Balaban J connectivity index is 1.48. The smallest absolute Gasteiger partial charge is 0.279 e. The first-order chi connectivity index (χ1) is 14.0. The van der Waals surface area contributed by atoms with Gasteiger partial charge in [0.1, 0.15) is 5.76 Å². The van der Waals surface area contributed by atoms with Crippen LogP contribution < -0.4 is 10.6 Å². The van der Waals surface area contributed by atoms with E-state index in [0.717, 1.165) is 16.1 Å². The average molecular weight is 425 g/mol. The Morgan fingerprint density at radius 2 is 1.83 bits per heavy atom. The van der Waals surface area contributed by atoms with Crippen molar-refractivity contribution in [2.45, 2.75) is 13.8 Å². The predicted molar refractivity (Wildman–Crippen MR) is 114 cm³/mol. The van der Waals surface area contributed by atoms with Crippen LogP contribution in [-0.2, 0) is 4.79 Å². The largest absolute Gasteiger partial charge is 0.440 e. The molecule has 0 fully saturated rings. The number of anilines is 2. The van der Waals surface area contributed by atoms with Crippen LogP contribution in [0.25, 0.3) is 22.0 Å². The average Bonchev–Trinajstić information content (AvgIpc) is 3.42. The number of benzene rings is 1. The molecule has 0 saturated carbocycles. The van der Waals surface area contributed by atoms with Crippen molar-refractivity contribution in [3.05, 3.63) is 58.6 Å². The second kappa shape index (κ2) is 7.98. The molecule has 0 aliphatic rings. The fourth-order valence-electron chi connectivity index (χ4n) is 2.66. The fourth-order valence-corrected chi connectivity index (χ4v) is 4.02. The number of rotatable bonds is 5. The van der Waals surface area contributed by atoms with Crippen molar-refractivity contribution in [2.75, 3.05) is 10.6 Å². The summed E-state index contributed by atoms with van der Waals surface area (Å²) in [6.45, 7) is 3.17. The topological polar surface area (TPSA) is 97.1 Å². The maximum Gasteiger partial charge on any atom is 0.279 e. The Labute approximate surface area is 174 Å². The molecule has 0 radical (unpaired) electrons. The number of hydrogen-bond acceptors (Lipinski definition) is 7. The summed E-state index contributed by atoms with van der Waals surface area (Å²) in [7, 11) is 0. The minimum absolute atomic E-state index is 0.123.